The molecule has 16 nitrogen and oxygen atoms in total. The lowest BCUT2D eigenvalue weighted by atomic mass is 9.72. The van der Waals surface area contributed by atoms with Crippen LogP contribution in [-0.4, -0.2) is 134 Å². The summed E-state index contributed by atoms with van der Waals surface area (Å²) in [5.41, 5.74) is -4.73. The number of carbonyl (C=O) groups is 4. The van der Waals surface area contributed by atoms with Crippen LogP contribution in [0.25, 0.3) is 0 Å². The van der Waals surface area contributed by atoms with E-state index in [1.165, 1.54) is 30.2 Å². The van der Waals surface area contributed by atoms with E-state index in [1.54, 1.807) is 32.6 Å². The highest BCUT2D eigenvalue weighted by atomic mass is 16.7. The van der Waals surface area contributed by atoms with Gasteiger partial charge in [-0.25, -0.2) is 4.79 Å². The molecule has 16 heteroatoms. The highest BCUT2D eigenvalue weighted by molar-refractivity contribution is 6.31. The summed E-state index contributed by atoms with van der Waals surface area (Å²) in [5.74, 6) is -4.03. The van der Waals surface area contributed by atoms with Crippen LogP contribution in [0.15, 0.2) is 18.2 Å². The number of fused-ring (bicyclic) bond motifs is 3. The molecule has 2 heterocycles. The number of ketones is 3. The number of piperazine rings is 1. The molecule has 284 valence electrons. The van der Waals surface area contributed by atoms with Crippen LogP contribution in [0.5, 0.6) is 17.2 Å². The summed E-state index contributed by atoms with van der Waals surface area (Å²) in [6, 6.07) is 4.93. The number of nitriles is 1. The molecule has 2 aliphatic carbocycles. The number of aliphatic hydroxyl groups is 3. The van der Waals surface area contributed by atoms with Crippen LogP contribution in [0.1, 0.15) is 89.6 Å². The van der Waals surface area contributed by atoms with Crippen LogP contribution in [0, 0.1) is 11.3 Å². The third-order valence-corrected chi connectivity index (χ3v) is 10.4. The zero-order chi connectivity index (χ0) is 38.7. The standard InChI is InChI=1S/C37H43N3O13/c1-17-30(43)21(40-10-9-39(15-18(40)14-38)35(48)53-36(2,3)4)11-25(51-17)52-23-13-37(49,24(42)16-41)12-20-27(23)34(47)29-28(32(20)45)31(44)19-7-6-8-22(50-5)26(19)33(29)46/h6-8,17-18,21,23,25,30,41,43,45,47,49H,9-13,15-16H2,1-5H3/t17-,18?,21?,23-,25-,30+,37-/m0/s1. The highest BCUT2D eigenvalue weighted by Crippen LogP contribution is 2.52. The van der Waals surface area contributed by atoms with E-state index in [0.717, 1.165) is 0 Å². The first-order valence-corrected chi connectivity index (χ1v) is 17.3. The van der Waals surface area contributed by atoms with Gasteiger partial charge in [0.2, 0.25) is 5.78 Å². The monoisotopic (exact) mass is 737 g/mol. The number of aliphatic hydroxyl groups excluding tert-OH is 2. The van der Waals surface area contributed by atoms with Gasteiger partial charge in [0, 0.05) is 55.1 Å². The molecule has 4 aliphatic rings. The van der Waals surface area contributed by atoms with Crippen molar-refractivity contribution in [1.82, 2.24) is 9.80 Å². The second-order valence-electron chi connectivity index (χ2n) is 14.9. The van der Waals surface area contributed by atoms with Crippen LogP contribution >= 0.6 is 0 Å². The fourth-order valence-electron chi connectivity index (χ4n) is 7.82. The molecule has 5 N–H and O–H groups in total. The van der Waals surface area contributed by atoms with Gasteiger partial charge in [-0.3, -0.25) is 19.3 Å². The first-order valence-electron chi connectivity index (χ1n) is 17.3. The fraction of sp³-hybridized carbons (Fsp3) is 0.541. The van der Waals surface area contributed by atoms with Crippen molar-refractivity contribution in [1.29, 1.82) is 5.26 Å². The quantitative estimate of drug-likeness (QED) is 0.225. The molecule has 0 saturated carbocycles. The molecule has 1 amide bonds. The first-order chi connectivity index (χ1) is 24.9. The van der Waals surface area contributed by atoms with Gasteiger partial charge >= 0.3 is 6.09 Å². The average Bonchev–Trinajstić information content (AvgIpc) is 3.11. The Bertz CT molecular complexity index is 1900. The van der Waals surface area contributed by atoms with Crippen molar-refractivity contribution < 1.29 is 63.7 Å². The van der Waals surface area contributed by atoms with Gasteiger partial charge in [-0.05, 0) is 33.8 Å². The molecule has 2 fully saturated rings. The molecule has 2 aromatic carbocycles. The van der Waals surface area contributed by atoms with Crippen LogP contribution in [0.3, 0.4) is 0 Å². The predicted octanol–water partition coefficient (Wildman–Crippen LogP) is 1.49. The second kappa shape index (κ2) is 14.0. The van der Waals surface area contributed by atoms with Crippen molar-refractivity contribution in [3.63, 3.8) is 0 Å². The van der Waals surface area contributed by atoms with Gasteiger partial charge < -0.3 is 49.4 Å². The minimum atomic E-state index is -2.34. The summed E-state index contributed by atoms with van der Waals surface area (Å²) in [4.78, 5) is 56.7. The van der Waals surface area contributed by atoms with E-state index in [0.29, 0.717) is 0 Å². The molecule has 0 aromatic heterocycles. The Labute approximate surface area is 305 Å². The number of rotatable bonds is 6. The first kappa shape index (κ1) is 38.1. The zero-order valence-electron chi connectivity index (χ0n) is 30.0. The Balaban J connectivity index is 1.36. The van der Waals surface area contributed by atoms with Crippen LogP contribution in [-0.2, 0) is 25.4 Å². The van der Waals surface area contributed by atoms with Crippen molar-refractivity contribution >= 4 is 23.4 Å². The van der Waals surface area contributed by atoms with Crippen LogP contribution < -0.4 is 4.74 Å². The van der Waals surface area contributed by atoms with Crippen LogP contribution in [0.2, 0.25) is 0 Å². The predicted molar refractivity (Wildman–Crippen MR) is 181 cm³/mol. The third-order valence-electron chi connectivity index (χ3n) is 10.4. The van der Waals surface area contributed by atoms with Gasteiger partial charge in [0.1, 0.15) is 41.1 Å². The van der Waals surface area contributed by atoms with Gasteiger partial charge in [0.25, 0.3) is 0 Å². The van der Waals surface area contributed by atoms with Crippen molar-refractivity contribution in [2.24, 2.45) is 0 Å². The lowest BCUT2D eigenvalue weighted by molar-refractivity contribution is -0.260. The summed E-state index contributed by atoms with van der Waals surface area (Å²) < 4.78 is 23.2. The molecular formula is C37H43N3O13. The maximum Gasteiger partial charge on any atom is 0.410 e. The Morgan fingerprint density at radius 1 is 1.09 bits per heavy atom. The van der Waals surface area contributed by atoms with Crippen molar-refractivity contribution in [2.45, 2.75) is 94.8 Å². The Hall–Kier alpha value is -4.63. The Kier molecular flexibility index (Phi) is 10.0. The number of hydrogen-bond donors (Lipinski definition) is 5. The van der Waals surface area contributed by atoms with E-state index >= 15 is 0 Å². The number of ether oxygens (including phenoxy) is 4. The molecule has 2 saturated heterocycles. The van der Waals surface area contributed by atoms with E-state index in [1.807, 2.05) is 0 Å². The molecule has 2 aliphatic heterocycles. The average molecular weight is 738 g/mol. The molecule has 0 radical (unpaired) electrons. The number of methoxy groups -OCH3 is 1. The minimum absolute atomic E-state index is 0.000617. The topological polar surface area (TPSA) is 237 Å². The number of carbonyl (C=O) groups excluding carboxylic acids is 4. The maximum absolute atomic E-state index is 14.0. The normalized spacial score (nSPS) is 28.7. The van der Waals surface area contributed by atoms with E-state index in [9.17, 15) is 50.0 Å². The Morgan fingerprint density at radius 3 is 2.43 bits per heavy atom. The SMILES string of the molecule is COc1cccc2c1C(=O)c1c(O)c3c(c(O)c1C2=O)C[C@@](O)(C(=O)CO)C[C@@H]3O[C@H]1CC(N2CCN(C(=O)OC(C)(C)C)CC2C#N)[C@H](O)[C@H](C)O1. The highest BCUT2D eigenvalue weighted by Gasteiger charge is 2.51. The molecule has 2 aromatic rings. The number of amides is 1. The summed E-state index contributed by atoms with van der Waals surface area (Å²) in [7, 11) is 1.31. The van der Waals surface area contributed by atoms with E-state index in [2.05, 4.69) is 6.07 Å². The molecule has 2 unspecified atom stereocenters. The summed E-state index contributed by atoms with van der Waals surface area (Å²) in [6.45, 7) is 6.10. The van der Waals surface area contributed by atoms with E-state index in [-0.39, 0.29) is 54.1 Å². The number of Topliss-reactive ketones (excluding diaryl/α,β-unsaturated/α-hetero) is 1. The van der Waals surface area contributed by atoms with Crippen molar-refractivity contribution in [3.05, 3.63) is 51.6 Å². The van der Waals surface area contributed by atoms with Gasteiger partial charge in [0.05, 0.1) is 54.7 Å². The Morgan fingerprint density at radius 2 is 1.79 bits per heavy atom. The van der Waals surface area contributed by atoms with Gasteiger partial charge in [-0.1, -0.05) is 12.1 Å². The van der Waals surface area contributed by atoms with Gasteiger partial charge in [-0.2, -0.15) is 5.26 Å². The molecule has 0 spiro atoms. The lowest BCUT2D eigenvalue weighted by Crippen LogP contribution is -2.63. The number of phenolic OH excluding ortho intramolecular Hbond substituents is 2. The molecule has 53 heavy (non-hydrogen) atoms. The van der Waals surface area contributed by atoms with Crippen molar-refractivity contribution in [2.75, 3.05) is 33.4 Å². The zero-order valence-corrected chi connectivity index (χ0v) is 30.0. The number of benzene rings is 2. The number of aromatic hydroxyl groups is 2. The fourth-order valence-corrected chi connectivity index (χ4v) is 7.82. The maximum atomic E-state index is 14.0. The molecular weight excluding hydrogens is 694 g/mol. The van der Waals surface area contributed by atoms with Gasteiger partial charge in [0.15, 0.2) is 17.9 Å². The minimum Gasteiger partial charge on any atom is -0.507 e. The second-order valence-corrected chi connectivity index (χ2v) is 14.9. The van der Waals surface area contributed by atoms with Gasteiger partial charge in [-0.15, -0.1) is 0 Å². The summed E-state index contributed by atoms with van der Waals surface area (Å²) >= 11 is 0. The third kappa shape index (κ3) is 6.62. The largest absolute Gasteiger partial charge is 0.507 e. The molecule has 7 atom stereocenters. The van der Waals surface area contributed by atoms with E-state index < -0.39 is 113 Å². The smallest absolute Gasteiger partial charge is 0.410 e. The number of hydrogen-bond acceptors (Lipinski definition) is 15. The summed E-state index contributed by atoms with van der Waals surface area (Å²) in [5, 5.41) is 66.2. The molecule has 6 rings (SSSR count). The number of phenols is 2. The lowest BCUT2D eigenvalue weighted by Gasteiger charge is -2.48. The van der Waals surface area contributed by atoms with E-state index in [4.69, 9.17) is 18.9 Å². The number of nitrogens with zero attached hydrogens (tertiary/aromatic N) is 3. The molecule has 0 bridgehead atoms. The van der Waals surface area contributed by atoms with Crippen molar-refractivity contribution in [3.8, 4) is 23.3 Å². The summed E-state index contributed by atoms with van der Waals surface area (Å²) in [6.07, 6.45) is -6.48. The van der Waals surface area contributed by atoms with Crippen LogP contribution in [0.4, 0.5) is 4.79 Å².